The summed E-state index contributed by atoms with van der Waals surface area (Å²) in [6.45, 7) is 0. The van der Waals surface area contributed by atoms with Gasteiger partial charge in [-0.05, 0) is 31.9 Å². The Labute approximate surface area is 131 Å². The summed E-state index contributed by atoms with van der Waals surface area (Å²) >= 11 is 4.90. The quantitative estimate of drug-likeness (QED) is 0.407. The molecule has 0 radical (unpaired) electrons. The van der Waals surface area contributed by atoms with Gasteiger partial charge in [-0.15, -0.1) is 0 Å². The molecule has 12 nitrogen and oxygen atoms in total. The molecule has 0 unspecified atom stereocenters. The Balaban J connectivity index is 4.27. The zero-order chi connectivity index (χ0) is 16.7. The Hall–Kier alpha value is -1.71. The minimum absolute atomic E-state index is 0.942. The predicted octanol–water partition coefficient (Wildman–Crippen LogP) is 2.18. The van der Waals surface area contributed by atoms with Gasteiger partial charge in [-0.25, -0.2) is 0 Å². The monoisotopic (exact) mass is 449 g/mol. The van der Waals surface area contributed by atoms with E-state index < -0.39 is 55.8 Å². The summed E-state index contributed by atoms with van der Waals surface area (Å²) in [4.78, 5) is 27.0. The highest BCUT2D eigenvalue weighted by molar-refractivity contribution is 9.11. The Kier molecular flexibility index (Phi) is 4.61. The molecule has 1 rings (SSSR count). The number of benzene rings is 1. The molecule has 15 heteroatoms. The van der Waals surface area contributed by atoms with Gasteiger partial charge in [0, 0.05) is 0 Å². The van der Waals surface area contributed by atoms with E-state index in [1.54, 1.807) is 0 Å². The highest BCUT2D eigenvalue weighted by Gasteiger charge is 2.45. The number of nitro benzene ring substituents is 3. The van der Waals surface area contributed by atoms with E-state index in [-0.39, 0.29) is 0 Å². The molecule has 0 heterocycles. The summed E-state index contributed by atoms with van der Waals surface area (Å²) in [6, 6.07) is 0. The average Bonchev–Trinajstić information content (AvgIpc) is 2.24. The van der Waals surface area contributed by atoms with Gasteiger partial charge in [0.15, 0.2) is 8.95 Å². The Morgan fingerprint density at radius 3 is 1.29 bits per heavy atom. The van der Waals surface area contributed by atoms with Gasteiger partial charge in [-0.1, -0.05) is 0 Å². The van der Waals surface area contributed by atoms with Gasteiger partial charge in [0.05, 0.1) is 14.8 Å². The second-order valence-electron chi connectivity index (χ2n) is 3.25. The summed E-state index contributed by atoms with van der Waals surface area (Å²) in [6.07, 6.45) is 0. The molecule has 0 bridgehead atoms. The normalized spacial score (nSPS) is 11.2. The van der Waals surface area contributed by atoms with E-state index in [4.69, 9.17) is 4.55 Å². The summed E-state index contributed by atoms with van der Waals surface area (Å²) in [7, 11) is -5.41. The van der Waals surface area contributed by atoms with Gasteiger partial charge in [0.25, 0.3) is 4.90 Å². The van der Waals surface area contributed by atoms with Crippen LogP contribution in [0.4, 0.5) is 17.1 Å². The van der Waals surface area contributed by atoms with Gasteiger partial charge in [0.2, 0.25) is 0 Å². The fourth-order valence-corrected chi connectivity index (χ4v) is 4.11. The molecule has 0 amide bonds. The zero-order valence-electron chi connectivity index (χ0n) is 9.22. The molecule has 0 aromatic heterocycles. The van der Waals surface area contributed by atoms with Crippen LogP contribution in [-0.4, -0.2) is 27.7 Å². The maximum atomic E-state index is 11.2. The van der Waals surface area contributed by atoms with Crippen LogP contribution in [0.5, 0.6) is 0 Å². The molecule has 0 saturated carbocycles. The van der Waals surface area contributed by atoms with Crippen LogP contribution in [-0.2, 0) is 10.1 Å². The van der Waals surface area contributed by atoms with E-state index in [9.17, 15) is 38.8 Å². The van der Waals surface area contributed by atoms with Crippen molar-refractivity contribution in [1.29, 1.82) is 0 Å². The van der Waals surface area contributed by atoms with Crippen LogP contribution in [0.3, 0.4) is 0 Å². The highest BCUT2D eigenvalue weighted by Crippen LogP contribution is 2.50. The van der Waals surface area contributed by atoms with Crippen molar-refractivity contribution < 1.29 is 27.7 Å². The van der Waals surface area contributed by atoms with Crippen molar-refractivity contribution in [3.63, 3.8) is 0 Å². The molecule has 0 atom stereocenters. The van der Waals surface area contributed by atoms with Crippen molar-refractivity contribution >= 4 is 59.0 Å². The highest BCUT2D eigenvalue weighted by atomic mass is 79.9. The van der Waals surface area contributed by atoms with Crippen LogP contribution in [0.25, 0.3) is 0 Å². The van der Waals surface area contributed by atoms with E-state index in [0.717, 1.165) is 0 Å². The first kappa shape index (κ1) is 17.3. The van der Waals surface area contributed by atoms with E-state index in [1.165, 1.54) is 0 Å². The fourth-order valence-electron chi connectivity index (χ4n) is 1.36. The number of hydrogen-bond acceptors (Lipinski definition) is 8. The van der Waals surface area contributed by atoms with Gasteiger partial charge in [-0.2, -0.15) is 8.42 Å². The fraction of sp³-hybridized carbons (Fsp3) is 0. The molecular formula is C6HBr2N3O9S. The van der Waals surface area contributed by atoms with E-state index in [0.29, 0.717) is 0 Å². The molecule has 0 aliphatic heterocycles. The molecule has 1 N–H and O–H groups in total. The van der Waals surface area contributed by atoms with Crippen molar-refractivity contribution in [3.05, 3.63) is 39.3 Å². The molecule has 0 spiro atoms. The van der Waals surface area contributed by atoms with E-state index in [1.807, 2.05) is 0 Å². The third-order valence-electron chi connectivity index (χ3n) is 2.07. The van der Waals surface area contributed by atoms with Crippen LogP contribution >= 0.6 is 31.9 Å². The molecule has 0 aliphatic rings. The third-order valence-corrected chi connectivity index (χ3v) is 4.47. The van der Waals surface area contributed by atoms with Gasteiger partial charge in [-0.3, -0.25) is 34.9 Å². The van der Waals surface area contributed by atoms with Crippen LogP contribution in [0, 0.1) is 30.3 Å². The van der Waals surface area contributed by atoms with Crippen LogP contribution in [0.2, 0.25) is 0 Å². The first-order valence-electron chi connectivity index (χ1n) is 4.36. The number of halogens is 2. The Bertz CT molecular complexity index is 748. The SMILES string of the molecule is O=[N+]([O-])c1c(Br)c([N+](=O)[O-])c(S(=O)(=O)O)c([N+](=O)[O-])c1Br. The van der Waals surface area contributed by atoms with Crippen molar-refractivity contribution in [3.8, 4) is 0 Å². The standard InChI is InChI=1S/C6HBr2N3O9S/c7-1-3(9(12)13)2(8)5(11(16)17)6(21(18,19)20)4(1)10(14)15/h(H,18,19,20). The molecule has 114 valence electrons. The van der Waals surface area contributed by atoms with Crippen molar-refractivity contribution in [2.45, 2.75) is 4.90 Å². The second kappa shape index (κ2) is 5.58. The first-order valence-corrected chi connectivity index (χ1v) is 7.39. The van der Waals surface area contributed by atoms with Crippen LogP contribution < -0.4 is 0 Å². The number of hydrogen-bond donors (Lipinski definition) is 1. The van der Waals surface area contributed by atoms with Gasteiger partial charge >= 0.3 is 27.2 Å². The molecule has 1 aromatic rings. The second-order valence-corrected chi connectivity index (χ2v) is 6.19. The lowest BCUT2D eigenvalue weighted by Gasteiger charge is -2.06. The largest absolute Gasteiger partial charge is 0.318 e. The average molecular weight is 451 g/mol. The summed E-state index contributed by atoms with van der Waals surface area (Å²) < 4.78 is 29.5. The number of nitro groups is 3. The van der Waals surface area contributed by atoms with Gasteiger partial charge in [0.1, 0.15) is 0 Å². The third kappa shape index (κ3) is 2.99. The Morgan fingerprint density at radius 2 is 1.10 bits per heavy atom. The van der Waals surface area contributed by atoms with Crippen LogP contribution in [0.15, 0.2) is 13.8 Å². The number of rotatable bonds is 4. The van der Waals surface area contributed by atoms with Crippen molar-refractivity contribution in [2.24, 2.45) is 0 Å². The topological polar surface area (TPSA) is 184 Å². The molecule has 0 saturated heterocycles. The van der Waals surface area contributed by atoms with E-state index in [2.05, 4.69) is 31.9 Å². The van der Waals surface area contributed by atoms with E-state index >= 15 is 0 Å². The summed E-state index contributed by atoms with van der Waals surface area (Å²) in [5, 5.41) is 32.6. The molecule has 0 aliphatic carbocycles. The maximum absolute atomic E-state index is 11.2. The molecule has 0 fully saturated rings. The minimum atomic E-state index is -5.41. The predicted molar refractivity (Wildman–Crippen MR) is 71.6 cm³/mol. The summed E-state index contributed by atoms with van der Waals surface area (Å²) in [5.41, 5.74) is -4.15. The lowest BCUT2D eigenvalue weighted by molar-refractivity contribution is -0.409. The Morgan fingerprint density at radius 1 is 0.810 bits per heavy atom. The molecular weight excluding hydrogens is 450 g/mol. The first-order chi connectivity index (χ1) is 9.41. The zero-order valence-corrected chi connectivity index (χ0v) is 13.2. The van der Waals surface area contributed by atoms with Crippen LogP contribution in [0.1, 0.15) is 0 Å². The lowest BCUT2D eigenvalue weighted by atomic mass is 10.2. The van der Waals surface area contributed by atoms with Gasteiger partial charge < -0.3 is 0 Å². The number of nitrogens with zero attached hydrogens (tertiary/aromatic N) is 3. The lowest BCUT2D eigenvalue weighted by Crippen LogP contribution is -2.10. The molecule has 1 aromatic carbocycles. The molecule has 21 heavy (non-hydrogen) atoms. The maximum Gasteiger partial charge on any atom is 0.318 e. The van der Waals surface area contributed by atoms with Crippen molar-refractivity contribution in [1.82, 2.24) is 0 Å². The smallest absolute Gasteiger partial charge is 0.281 e. The van der Waals surface area contributed by atoms with Crippen molar-refractivity contribution in [2.75, 3.05) is 0 Å². The summed E-state index contributed by atoms with van der Waals surface area (Å²) in [5.74, 6) is 0. The minimum Gasteiger partial charge on any atom is -0.281 e.